The zero-order valence-electron chi connectivity index (χ0n) is 11.3. The fraction of sp³-hybridized carbons (Fsp3) is 0.538. The van der Waals surface area contributed by atoms with Crippen LogP contribution in [0.15, 0.2) is 18.2 Å². The third kappa shape index (κ3) is 3.84. The Hall–Kier alpha value is -1.27. The highest BCUT2D eigenvalue weighted by Crippen LogP contribution is 2.37. The normalized spacial score (nSPS) is 13.4. The van der Waals surface area contributed by atoms with Gasteiger partial charge in [0.05, 0.1) is 12.2 Å². The molecule has 0 aliphatic heterocycles. The zero-order chi connectivity index (χ0) is 14.6. The summed E-state index contributed by atoms with van der Waals surface area (Å²) >= 11 is 0. The van der Waals surface area contributed by atoms with Gasteiger partial charge in [-0.2, -0.15) is 13.2 Å². The van der Waals surface area contributed by atoms with Crippen LogP contribution in [0.5, 0.6) is 0 Å². The van der Waals surface area contributed by atoms with Gasteiger partial charge >= 0.3 is 6.18 Å². The molecule has 0 heterocycles. The monoisotopic (exact) mass is 276 g/mol. The van der Waals surface area contributed by atoms with Crippen LogP contribution in [0.25, 0.3) is 0 Å². The van der Waals surface area contributed by atoms with Crippen LogP contribution in [0, 0.1) is 0 Å². The summed E-state index contributed by atoms with van der Waals surface area (Å²) in [6, 6.07) is 4.01. The van der Waals surface area contributed by atoms with Crippen LogP contribution in [0.2, 0.25) is 0 Å². The van der Waals surface area contributed by atoms with Crippen molar-refractivity contribution in [2.45, 2.75) is 25.7 Å². The molecule has 0 saturated carbocycles. The molecule has 0 aliphatic rings. The smallest absolute Gasteiger partial charge is 0.383 e. The van der Waals surface area contributed by atoms with E-state index in [4.69, 9.17) is 10.5 Å². The lowest BCUT2D eigenvalue weighted by Crippen LogP contribution is -2.34. The lowest BCUT2D eigenvalue weighted by Gasteiger charge is -2.29. The highest BCUT2D eigenvalue weighted by Gasteiger charge is 2.35. The highest BCUT2D eigenvalue weighted by molar-refractivity contribution is 5.56. The molecule has 0 bridgehead atoms. The van der Waals surface area contributed by atoms with Crippen molar-refractivity contribution < 1.29 is 17.9 Å². The molecule has 3 nitrogen and oxygen atoms in total. The fourth-order valence-corrected chi connectivity index (χ4v) is 1.84. The first-order valence-electron chi connectivity index (χ1n) is 5.93. The van der Waals surface area contributed by atoms with Crippen molar-refractivity contribution in [3.05, 3.63) is 29.3 Å². The third-order valence-corrected chi connectivity index (χ3v) is 3.05. The van der Waals surface area contributed by atoms with Gasteiger partial charge in [-0.05, 0) is 24.6 Å². The number of alkyl halides is 3. The Morgan fingerprint density at radius 2 is 2.00 bits per heavy atom. The topological polar surface area (TPSA) is 38.5 Å². The van der Waals surface area contributed by atoms with E-state index in [1.54, 1.807) is 24.9 Å². The summed E-state index contributed by atoms with van der Waals surface area (Å²) < 4.78 is 44.2. The van der Waals surface area contributed by atoms with E-state index in [1.807, 2.05) is 0 Å². The number of nitrogens with two attached hydrogens (primary N) is 1. The fourth-order valence-electron chi connectivity index (χ4n) is 1.84. The van der Waals surface area contributed by atoms with E-state index in [2.05, 4.69) is 0 Å². The lowest BCUT2D eigenvalue weighted by molar-refractivity contribution is -0.137. The zero-order valence-corrected chi connectivity index (χ0v) is 11.3. The summed E-state index contributed by atoms with van der Waals surface area (Å²) in [6.45, 7) is 2.24. The summed E-state index contributed by atoms with van der Waals surface area (Å²) in [5.41, 5.74) is 5.32. The summed E-state index contributed by atoms with van der Waals surface area (Å²) in [4.78, 5) is 1.56. The molecule has 2 N–H and O–H groups in total. The molecule has 0 spiro atoms. The molecule has 1 atom stereocenters. The molecule has 1 rings (SSSR count). The largest absolute Gasteiger partial charge is 0.418 e. The average Bonchev–Trinajstić information content (AvgIpc) is 2.36. The number of likely N-dealkylation sites (N-methyl/N-ethyl adjacent to an activating group) is 1. The Bertz CT molecular complexity index is 421. The number of rotatable bonds is 5. The van der Waals surface area contributed by atoms with Gasteiger partial charge in [-0.25, -0.2) is 0 Å². The molecule has 0 radical (unpaired) electrons. The SMILES string of the molecule is COCC(C)N(C)c1ccc(CN)cc1C(F)(F)F. The molecular formula is C13H19F3N2O. The molecule has 1 unspecified atom stereocenters. The molecule has 1 aromatic rings. The van der Waals surface area contributed by atoms with Crippen molar-refractivity contribution in [2.75, 3.05) is 25.7 Å². The second-order valence-corrected chi connectivity index (χ2v) is 4.47. The van der Waals surface area contributed by atoms with Crippen LogP contribution in [-0.2, 0) is 17.5 Å². The van der Waals surface area contributed by atoms with Gasteiger partial charge in [-0.15, -0.1) is 0 Å². The maximum Gasteiger partial charge on any atom is 0.418 e. The number of ether oxygens (including phenoxy) is 1. The van der Waals surface area contributed by atoms with Crippen LogP contribution in [0.4, 0.5) is 18.9 Å². The van der Waals surface area contributed by atoms with Crippen LogP contribution in [-0.4, -0.2) is 26.8 Å². The quantitative estimate of drug-likeness (QED) is 0.898. The van der Waals surface area contributed by atoms with Gasteiger partial charge in [-0.1, -0.05) is 6.07 Å². The Morgan fingerprint density at radius 3 is 2.47 bits per heavy atom. The number of hydrogen-bond acceptors (Lipinski definition) is 3. The first kappa shape index (κ1) is 15.8. The standard InChI is InChI=1S/C13H19F3N2O/c1-9(8-19-3)18(2)12-5-4-10(7-17)6-11(12)13(14,15)16/h4-6,9H,7-8,17H2,1-3H3. The van der Waals surface area contributed by atoms with Crippen molar-refractivity contribution in [3.8, 4) is 0 Å². The van der Waals surface area contributed by atoms with Gasteiger partial charge in [0.1, 0.15) is 0 Å². The summed E-state index contributed by atoms with van der Waals surface area (Å²) in [5, 5.41) is 0. The second kappa shape index (κ2) is 6.25. The Morgan fingerprint density at radius 1 is 1.37 bits per heavy atom. The molecule has 0 aromatic heterocycles. The number of anilines is 1. The van der Waals surface area contributed by atoms with E-state index < -0.39 is 11.7 Å². The second-order valence-electron chi connectivity index (χ2n) is 4.47. The van der Waals surface area contributed by atoms with Gasteiger partial charge in [0.2, 0.25) is 0 Å². The first-order valence-corrected chi connectivity index (χ1v) is 5.93. The highest BCUT2D eigenvalue weighted by atomic mass is 19.4. The van der Waals surface area contributed by atoms with Crippen LogP contribution in [0.3, 0.4) is 0 Å². The minimum Gasteiger partial charge on any atom is -0.383 e. The van der Waals surface area contributed by atoms with E-state index in [0.717, 1.165) is 6.07 Å². The van der Waals surface area contributed by atoms with E-state index in [1.165, 1.54) is 13.2 Å². The van der Waals surface area contributed by atoms with Gasteiger partial charge < -0.3 is 15.4 Å². The molecule has 108 valence electrons. The molecule has 0 amide bonds. The minimum absolute atomic E-state index is 0.0840. The molecule has 0 fully saturated rings. The van der Waals surface area contributed by atoms with Gasteiger partial charge in [0.25, 0.3) is 0 Å². The third-order valence-electron chi connectivity index (χ3n) is 3.05. The number of methoxy groups -OCH3 is 1. The minimum atomic E-state index is -4.40. The Labute approximate surface area is 111 Å². The molecule has 19 heavy (non-hydrogen) atoms. The van der Waals surface area contributed by atoms with Crippen molar-refractivity contribution in [1.29, 1.82) is 0 Å². The first-order chi connectivity index (χ1) is 8.81. The van der Waals surface area contributed by atoms with Gasteiger partial charge in [0.15, 0.2) is 0 Å². The van der Waals surface area contributed by atoms with Crippen LogP contribution in [0.1, 0.15) is 18.1 Å². The average molecular weight is 276 g/mol. The number of benzene rings is 1. The molecule has 6 heteroatoms. The molecule has 0 saturated heterocycles. The summed E-state index contributed by atoms with van der Waals surface area (Å²) in [7, 11) is 3.14. The van der Waals surface area contributed by atoms with Gasteiger partial charge in [-0.3, -0.25) is 0 Å². The maximum atomic E-state index is 13.1. The van der Waals surface area contributed by atoms with Gasteiger partial charge in [0, 0.05) is 32.4 Å². The van der Waals surface area contributed by atoms with E-state index in [9.17, 15) is 13.2 Å². The van der Waals surface area contributed by atoms with E-state index in [0.29, 0.717) is 12.2 Å². The maximum absolute atomic E-state index is 13.1. The van der Waals surface area contributed by atoms with E-state index >= 15 is 0 Å². The van der Waals surface area contributed by atoms with Crippen LogP contribution >= 0.6 is 0 Å². The lowest BCUT2D eigenvalue weighted by atomic mass is 10.1. The van der Waals surface area contributed by atoms with Crippen molar-refractivity contribution in [1.82, 2.24) is 0 Å². The van der Waals surface area contributed by atoms with Crippen molar-refractivity contribution in [2.24, 2.45) is 5.73 Å². The summed E-state index contributed by atoms with van der Waals surface area (Å²) in [6.07, 6.45) is -4.40. The molecular weight excluding hydrogens is 257 g/mol. The summed E-state index contributed by atoms with van der Waals surface area (Å²) in [5.74, 6) is 0. The number of halogens is 3. The molecule has 0 aliphatic carbocycles. The van der Waals surface area contributed by atoms with Crippen molar-refractivity contribution >= 4 is 5.69 Å². The predicted octanol–water partition coefficient (Wildman–Crippen LogP) is 2.64. The Balaban J connectivity index is 3.19. The molecule has 1 aromatic carbocycles. The number of nitrogens with zero attached hydrogens (tertiary/aromatic N) is 1. The van der Waals surface area contributed by atoms with Crippen molar-refractivity contribution in [3.63, 3.8) is 0 Å². The predicted molar refractivity (Wildman–Crippen MR) is 69.1 cm³/mol. The van der Waals surface area contributed by atoms with E-state index in [-0.39, 0.29) is 18.3 Å². The van der Waals surface area contributed by atoms with Crippen LogP contribution < -0.4 is 10.6 Å². The number of hydrogen-bond donors (Lipinski definition) is 1. The Kier molecular flexibility index (Phi) is 5.20.